The van der Waals surface area contributed by atoms with Crippen LogP contribution in [0.3, 0.4) is 0 Å². The van der Waals surface area contributed by atoms with Gasteiger partial charge in [0.05, 0.1) is 32.1 Å². The van der Waals surface area contributed by atoms with E-state index in [0.717, 1.165) is 54.8 Å². The zero-order chi connectivity index (χ0) is 25.2. The summed E-state index contributed by atoms with van der Waals surface area (Å²) in [5.74, 6) is 0.828. The largest absolute Gasteiger partial charge is 0.497 e. The number of methoxy groups -OCH3 is 1. The lowest BCUT2D eigenvalue weighted by Gasteiger charge is -2.31. The first-order valence-electron chi connectivity index (χ1n) is 12.5. The van der Waals surface area contributed by atoms with Gasteiger partial charge in [-0.25, -0.2) is 0 Å². The molecule has 2 atom stereocenters. The predicted octanol–water partition coefficient (Wildman–Crippen LogP) is 4.89. The first-order chi connectivity index (χ1) is 18.2. The Morgan fingerprint density at radius 1 is 0.892 bits per heavy atom. The Hall–Kier alpha value is -3.88. The van der Waals surface area contributed by atoms with Gasteiger partial charge >= 0.3 is 0 Å². The van der Waals surface area contributed by atoms with E-state index >= 15 is 0 Å². The number of pyridine rings is 1. The zero-order valence-electron chi connectivity index (χ0n) is 20.7. The molecule has 2 fully saturated rings. The van der Waals surface area contributed by atoms with Crippen molar-refractivity contribution >= 4 is 28.7 Å². The van der Waals surface area contributed by atoms with Gasteiger partial charge in [0, 0.05) is 48.2 Å². The van der Waals surface area contributed by atoms with Gasteiger partial charge in [-0.1, -0.05) is 6.07 Å². The van der Waals surface area contributed by atoms with Gasteiger partial charge in [-0.3, -0.25) is 4.98 Å². The molecule has 2 aliphatic heterocycles. The monoisotopic (exact) mass is 511 g/mol. The summed E-state index contributed by atoms with van der Waals surface area (Å²) in [5, 5.41) is 4.25. The third-order valence-corrected chi connectivity index (χ3v) is 7.35. The van der Waals surface area contributed by atoms with Gasteiger partial charge in [0.2, 0.25) is 0 Å². The summed E-state index contributed by atoms with van der Waals surface area (Å²) in [6, 6.07) is 26.8. The average molecular weight is 512 g/mol. The number of rotatable bonds is 6. The first-order valence-corrected chi connectivity index (χ1v) is 12.9. The molecule has 0 spiro atoms. The topological polar surface area (TPSA) is 54.8 Å². The molecule has 188 valence electrons. The summed E-state index contributed by atoms with van der Waals surface area (Å²) >= 11 is 5.94. The highest BCUT2D eigenvalue weighted by atomic mass is 32.1. The molecule has 7 nitrogen and oxygen atoms in total. The Balaban J connectivity index is 1.40. The Morgan fingerprint density at radius 3 is 2.32 bits per heavy atom. The second-order valence-corrected chi connectivity index (χ2v) is 9.50. The number of nitrogens with zero attached hydrogens (tertiary/aromatic N) is 4. The second kappa shape index (κ2) is 10.2. The van der Waals surface area contributed by atoms with Crippen LogP contribution in [0.25, 0.3) is 5.69 Å². The van der Waals surface area contributed by atoms with Gasteiger partial charge in [0.15, 0.2) is 5.11 Å². The van der Waals surface area contributed by atoms with Gasteiger partial charge in [-0.15, -0.1) is 0 Å². The minimum absolute atomic E-state index is 0.103. The van der Waals surface area contributed by atoms with Crippen LogP contribution in [0.15, 0.2) is 91.3 Å². The van der Waals surface area contributed by atoms with Crippen molar-refractivity contribution in [2.45, 2.75) is 12.1 Å². The van der Waals surface area contributed by atoms with Crippen LogP contribution in [0.2, 0.25) is 0 Å². The minimum Gasteiger partial charge on any atom is -0.497 e. The third kappa shape index (κ3) is 4.54. The molecule has 2 saturated heterocycles. The fourth-order valence-electron chi connectivity index (χ4n) is 5.19. The number of aromatic nitrogens is 2. The number of hydrogen-bond acceptors (Lipinski definition) is 5. The molecule has 0 bridgehead atoms. The predicted molar refractivity (Wildman–Crippen MR) is 150 cm³/mol. The standard InChI is InChI=1S/C29H29N5O2S/c1-35-24-13-11-22(12-14-24)33-16-4-6-26(33)28-27(25-5-2-3-15-30-25)31-29(37)34(28)23-9-7-21(8-10-23)32-17-19-36-20-18-32/h2-16,27-28H,17-20H2,1H3,(H,31,37). The van der Waals surface area contributed by atoms with Crippen molar-refractivity contribution in [3.63, 3.8) is 0 Å². The van der Waals surface area contributed by atoms with Gasteiger partial charge in [-0.05, 0) is 85.0 Å². The summed E-state index contributed by atoms with van der Waals surface area (Å²) in [6.07, 6.45) is 3.92. The van der Waals surface area contributed by atoms with E-state index in [1.807, 2.05) is 30.5 Å². The van der Waals surface area contributed by atoms with Crippen molar-refractivity contribution in [2.75, 3.05) is 43.2 Å². The molecule has 0 radical (unpaired) electrons. The summed E-state index contributed by atoms with van der Waals surface area (Å²) in [7, 11) is 1.68. The van der Waals surface area contributed by atoms with E-state index in [1.165, 1.54) is 5.69 Å². The van der Waals surface area contributed by atoms with E-state index in [2.05, 4.69) is 80.5 Å². The first kappa shape index (κ1) is 23.5. The highest BCUT2D eigenvalue weighted by molar-refractivity contribution is 7.80. The van der Waals surface area contributed by atoms with E-state index < -0.39 is 0 Å². The molecule has 2 unspecified atom stereocenters. The molecule has 1 N–H and O–H groups in total. The smallest absolute Gasteiger partial charge is 0.174 e. The number of thiocarbonyl (C=S) groups is 1. The quantitative estimate of drug-likeness (QED) is 0.370. The zero-order valence-corrected chi connectivity index (χ0v) is 21.5. The molecule has 4 heterocycles. The summed E-state index contributed by atoms with van der Waals surface area (Å²) in [6.45, 7) is 3.34. The van der Waals surface area contributed by atoms with Crippen LogP contribution in [-0.4, -0.2) is 48.1 Å². The molecule has 0 aliphatic carbocycles. The molecule has 0 saturated carbocycles. The Labute approximate surface area is 222 Å². The number of ether oxygens (including phenoxy) is 2. The molecule has 2 aromatic heterocycles. The highest BCUT2D eigenvalue weighted by Gasteiger charge is 2.42. The number of benzene rings is 2. The third-order valence-electron chi connectivity index (χ3n) is 7.04. The van der Waals surface area contributed by atoms with Gasteiger partial charge in [0.1, 0.15) is 11.8 Å². The van der Waals surface area contributed by atoms with Gasteiger partial charge in [0.25, 0.3) is 0 Å². The van der Waals surface area contributed by atoms with Crippen LogP contribution in [-0.2, 0) is 4.74 Å². The molecular weight excluding hydrogens is 482 g/mol. The van der Waals surface area contributed by atoms with E-state index in [0.29, 0.717) is 5.11 Å². The highest BCUT2D eigenvalue weighted by Crippen LogP contribution is 2.42. The lowest BCUT2D eigenvalue weighted by atomic mass is 10.0. The fourth-order valence-corrected chi connectivity index (χ4v) is 5.54. The lowest BCUT2D eigenvalue weighted by molar-refractivity contribution is 0.122. The van der Waals surface area contributed by atoms with E-state index in [9.17, 15) is 0 Å². The van der Waals surface area contributed by atoms with Crippen molar-refractivity contribution in [1.29, 1.82) is 0 Å². The van der Waals surface area contributed by atoms with Gasteiger partial charge < -0.3 is 29.2 Å². The SMILES string of the molecule is COc1ccc(-n2cccc2C2C(c3ccccn3)NC(=S)N2c2ccc(N3CCOCC3)cc2)cc1. The maximum absolute atomic E-state index is 5.94. The molecule has 8 heteroatoms. The van der Waals surface area contributed by atoms with Crippen LogP contribution >= 0.6 is 12.2 Å². The molecule has 4 aromatic rings. The van der Waals surface area contributed by atoms with Crippen LogP contribution in [0.4, 0.5) is 11.4 Å². The molecule has 6 rings (SSSR count). The molecule has 0 amide bonds. The summed E-state index contributed by atoms with van der Waals surface area (Å²) < 4.78 is 13.1. The van der Waals surface area contributed by atoms with Crippen molar-refractivity contribution in [2.24, 2.45) is 0 Å². The molecule has 2 aliphatic rings. The van der Waals surface area contributed by atoms with Crippen LogP contribution < -0.4 is 19.9 Å². The second-order valence-electron chi connectivity index (χ2n) is 9.11. The average Bonchev–Trinajstić information content (AvgIpc) is 3.58. The van der Waals surface area contributed by atoms with Crippen molar-refractivity contribution < 1.29 is 9.47 Å². The Morgan fingerprint density at radius 2 is 1.62 bits per heavy atom. The Kier molecular flexibility index (Phi) is 6.51. The Bertz CT molecular complexity index is 1350. The van der Waals surface area contributed by atoms with Crippen molar-refractivity contribution in [1.82, 2.24) is 14.9 Å². The maximum Gasteiger partial charge on any atom is 0.174 e. The molecular formula is C29H29N5O2S. The normalized spacial score (nSPS) is 19.6. The maximum atomic E-state index is 5.94. The van der Waals surface area contributed by atoms with E-state index in [-0.39, 0.29) is 12.1 Å². The van der Waals surface area contributed by atoms with E-state index in [1.54, 1.807) is 7.11 Å². The fraction of sp³-hybridized carbons (Fsp3) is 0.241. The van der Waals surface area contributed by atoms with Crippen LogP contribution in [0.1, 0.15) is 23.5 Å². The van der Waals surface area contributed by atoms with Crippen LogP contribution in [0.5, 0.6) is 5.75 Å². The molecule has 37 heavy (non-hydrogen) atoms. The van der Waals surface area contributed by atoms with Crippen LogP contribution in [0, 0.1) is 0 Å². The minimum atomic E-state index is -0.112. The summed E-state index contributed by atoms with van der Waals surface area (Å²) in [4.78, 5) is 9.26. The number of hydrogen-bond donors (Lipinski definition) is 1. The summed E-state index contributed by atoms with van der Waals surface area (Å²) in [5.41, 5.74) is 5.36. The number of anilines is 2. The van der Waals surface area contributed by atoms with Crippen molar-refractivity contribution in [3.8, 4) is 11.4 Å². The number of morpholine rings is 1. The van der Waals surface area contributed by atoms with E-state index in [4.69, 9.17) is 26.7 Å². The van der Waals surface area contributed by atoms with Gasteiger partial charge in [-0.2, -0.15) is 0 Å². The number of nitrogens with one attached hydrogen (secondary N) is 1. The van der Waals surface area contributed by atoms with Crippen molar-refractivity contribution in [3.05, 3.63) is 103 Å². The molecule has 2 aromatic carbocycles. The lowest BCUT2D eigenvalue weighted by Crippen LogP contribution is -2.36.